The fourth-order valence-corrected chi connectivity index (χ4v) is 5.14. The van der Waals surface area contributed by atoms with Gasteiger partial charge >= 0.3 is 0 Å². The predicted molar refractivity (Wildman–Crippen MR) is 146 cm³/mol. The van der Waals surface area contributed by atoms with E-state index >= 15 is 0 Å². The molecule has 1 aliphatic heterocycles. The minimum Gasteiger partial charge on any atom is -0.339 e. The zero-order valence-electron chi connectivity index (χ0n) is 20.5. The molecule has 1 aliphatic rings. The number of aromatic nitrogens is 5. The molecular weight excluding hydrogens is 500 g/mol. The average Bonchev–Trinajstić information content (AvgIpc) is 3.37. The number of likely N-dealkylation sites (tertiary alicyclic amines) is 1. The van der Waals surface area contributed by atoms with E-state index in [0.717, 1.165) is 16.7 Å². The van der Waals surface area contributed by atoms with E-state index in [1.54, 1.807) is 4.68 Å². The number of carbonyl (C=O) groups is 1. The van der Waals surface area contributed by atoms with Crippen molar-refractivity contribution < 1.29 is 4.79 Å². The maximum Gasteiger partial charge on any atom is 0.281 e. The number of carbonyl (C=O) groups excluding carboxylic acids is 1. The number of piperidine rings is 1. The van der Waals surface area contributed by atoms with Gasteiger partial charge in [-0.1, -0.05) is 77.5 Å². The van der Waals surface area contributed by atoms with Crippen LogP contribution in [0.1, 0.15) is 40.5 Å². The van der Waals surface area contributed by atoms with Gasteiger partial charge in [-0.2, -0.15) is 0 Å². The van der Waals surface area contributed by atoms with Gasteiger partial charge in [0.2, 0.25) is 0 Å². The van der Waals surface area contributed by atoms with Crippen molar-refractivity contribution in [2.75, 3.05) is 13.1 Å². The van der Waals surface area contributed by atoms with Crippen LogP contribution < -0.4 is 5.56 Å². The first-order valence-corrected chi connectivity index (χ1v) is 13.0. The van der Waals surface area contributed by atoms with E-state index in [1.807, 2.05) is 71.6 Å². The Hall–Kier alpha value is -4.30. The molecule has 0 spiro atoms. The predicted octanol–water partition coefficient (Wildman–Crippen LogP) is 4.90. The second kappa shape index (κ2) is 10.2. The van der Waals surface area contributed by atoms with Crippen molar-refractivity contribution in [3.63, 3.8) is 0 Å². The van der Waals surface area contributed by atoms with E-state index in [9.17, 15) is 9.59 Å². The number of nitrogens with zero attached hydrogens (tertiary/aromatic N) is 5. The van der Waals surface area contributed by atoms with E-state index in [1.165, 1.54) is 0 Å². The molecule has 0 atom stereocenters. The van der Waals surface area contributed by atoms with Gasteiger partial charge in [-0.05, 0) is 47.7 Å². The summed E-state index contributed by atoms with van der Waals surface area (Å²) in [7, 11) is 0. The second-order valence-electron chi connectivity index (χ2n) is 9.47. The van der Waals surface area contributed by atoms with Crippen LogP contribution in [0.3, 0.4) is 0 Å². The topological polar surface area (TPSA) is 96.8 Å². The molecule has 1 N–H and O–H groups in total. The van der Waals surface area contributed by atoms with Gasteiger partial charge in [0.05, 0.1) is 6.54 Å². The Kier molecular flexibility index (Phi) is 6.47. The second-order valence-corrected chi connectivity index (χ2v) is 9.88. The monoisotopic (exact) mass is 524 g/mol. The molecule has 0 saturated carbocycles. The van der Waals surface area contributed by atoms with Crippen LogP contribution in [0.15, 0.2) is 83.7 Å². The maximum atomic E-state index is 13.2. The minimum atomic E-state index is -0.313. The summed E-state index contributed by atoms with van der Waals surface area (Å²) in [4.78, 5) is 35.4. The summed E-state index contributed by atoms with van der Waals surface area (Å²) in [6.07, 6.45) is 1.41. The Balaban J connectivity index is 1.16. The molecule has 1 fully saturated rings. The zero-order valence-corrected chi connectivity index (χ0v) is 21.3. The Morgan fingerprint density at radius 3 is 2.34 bits per heavy atom. The Morgan fingerprint density at radius 2 is 1.61 bits per heavy atom. The number of fused-ring (bicyclic) bond motifs is 1. The van der Waals surface area contributed by atoms with Gasteiger partial charge in [-0.3, -0.25) is 9.59 Å². The van der Waals surface area contributed by atoms with E-state index in [2.05, 4.69) is 27.4 Å². The van der Waals surface area contributed by atoms with Gasteiger partial charge in [-0.15, -0.1) is 5.10 Å². The van der Waals surface area contributed by atoms with Crippen molar-refractivity contribution in [3.05, 3.63) is 111 Å². The third-order valence-electron chi connectivity index (χ3n) is 7.08. The van der Waals surface area contributed by atoms with E-state index in [0.29, 0.717) is 54.5 Å². The minimum absolute atomic E-state index is 0.0157. The summed E-state index contributed by atoms with van der Waals surface area (Å²) >= 11 is 6.31. The Morgan fingerprint density at radius 1 is 0.921 bits per heavy atom. The molecule has 190 valence electrons. The molecule has 0 aliphatic carbocycles. The average molecular weight is 525 g/mol. The quantitative estimate of drug-likeness (QED) is 0.352. The van der Waals surface area contributed by atoms with Crippen molar-refractivity contribution in [1.29, 1.82) is 0 Å². The van der Waals surface area contributed by atoms with E-state index in [-0.39, 0.29) is 22.9 Å². The van der Waals surface area contributed by atoms with Crippen molar-refractivity contribution in [3.8, 4) is 11.1 Å². The standard InChI is InChI=1S/C29H25ClN6O2/c30-24-9-5-4-8-23(24)18-36-27-25(33-34-36)28(37)32-26(31-27)21-14-16-35(17-15-21)29(38)22-12-10-20(11-13-22)19-6-2-1-3-7-19/h1-13,21H,14-18H2,(H,31,32,37). The highest BCUT2D eigenvalue weighted by molar-refractivity contribution is 6.31. The summed E-state index contributed by atoms with van der Waals surface area (Å²) in [5.41, 5.74) is 4.06. The molecule has 0 bridgehead atoms. The first kappa shape index (κ1) is 24.1. The van der Waals surface area contributed by atoms with Crippen LogP contribution in [-0.2, 0) is 6.54 Å². The molecule has 6 rings (SSSR count). The van der Waals surface area contributed by atoms with Gasteiger partial charge in [0.15, 0.2) is 11.2 Å². The van der Waals surface area contributed by atoms with Gasteiger partial charge < -0.3 is 9.88 Å². The third-order valence-corrected chi connectivity index (χ3v) is 7.45. The number of amides is 1. The molecule has 5 aromatic rings. The number of benzene rings is 3. The molecule has 0 radical (unpaired) electrons. The molecule has 0 unspecified atom stereocenters. The lowest BCUT2D eigenvalue weighted by molar-refractivity contribution is 0.0711. The molecule has 3 heterocycles. The fourth-order valence-electron chi connectivity index (χ4n) is 4.95. The molecule has 1 saturated heterocycles. The highest BCUT2D eigenvalue weighted by Gasteiger charge is 2.27. The normalized spacial score (nSPS) is 14.2. The number of aromatic amines is 1. The van der Waals surface area contributed by atoms with Crippen molar-refractivity contribution in [1.82, 2.24) is 29.9 Å². The molecule has 38 heavy (non-hydrogen) atoms. The highest BCUT2D eigenvalue weighted by Crippen LogP contribution is 2.27. The maximum absolute atomic E-state index is 13.2. The van der Waals surface area contributed by atoms with Gasteiger partial charge in [-0.25, -0.2) is 9.67 Å². The largest absolute Gasteiger partial charge is 0.339 e. The number of hydrogen-bond acceptors (Lipinski definition) is 5. The first-order valence-electron chi connectivity index (χ1n) is 12.6. The summed E-state index contributed by atoms with van der Waals surface area (Å²) in [6.45, 7) is 1.54. The molecule has 2 aromatic heterocycles. The molecule has 3 aromatic carbocycles. The zero-order chi connectivity index (χ0) is 26.1. The fraction of sp³-hybridized carbons (Fsp3) is 0.207. The van der Waals surface area contributed by atoms with Crippen molar-refractivity contribution >= 4 is 28.7 Å². The van der Waals surface area contributed by atoms with Crippen LogP contribution in [0.25, 0.3) is 22.3 Å². The number of hydrogen-bond donors (Lipinski definition) is 1. The number of nitrogens with one attached hydrogen (secondary N) is 1. The molecule has 8 nitrogen and oxygen atoms in total. The third kappa shape index (κ3) is 4.70. The van der Waals surface area contributed by atoms with Gasteiger partial charge in [0.1, 0.15) is 5.82 Å². The summed E-state index contributed by atoms with van der Waals surface area (Å²) in [6, 6.07) is 25.3. The summed E-state index contributed by atoms with van der Waals surface area (Å²) < 4.78 is 1.60. The SMILES string of the molecule is O=C(c1ccc(-c2ccccc2)cc1)N1CCC(c2nc3c(nnn3Cc3ccccc3Cl)c(=O)[nH]2)CC1. The Labute approximate surface area is 223 Å². The molecule has 9 heteroatoms. The number of rotatable bonds is 5. The summed E-state index contributed by atoms with van der Waals surface area (Å²) in [5, 5.41) is 8.80. The van der Waals surface area contributed by atoms with Crippen LogP contribution in [-0.4, -0.2) is 48.9 Å². The number of H-pyrrole nitrogens is 1. The van der Waals surface area contributed by atoms with Gasteiger partial charge in [0.25, 0.3) is 11.5 Å². The van der Waals surface area contributed by atoms with E-state index in [4.69, 9.17) is 16.6 Å². The first-order chi connectivity index (χ1) is 18.6. The number of halogens is 1. The van der Waals surface area contributed by atoms with Crippen molar-refractivity contribution in [2.45, 2.75) is 25.3 Å². The van der Waals surface area contributed by atoms with Crippen LogP contribution in [0.4, 0.5) is 0 Å². The van der Waals surface area contributed by atoms with Crippen LogP contribution in [0.5, 0.6) is 0 Å². The lowest BCUT2D eigenvalue weighted by atomic mass is 9.95. The Bertz CT molecular complexity index is 1650. The molecule has 1 amide bonds. The lowest BCUT2D eigenvalue weighted by Crippen LogP contribution is -2.38. The highest BCUT2D eigenvalue weighted by atomic mass is 35.5. The molecular formula is C29H25ClN6O2. The van der Waals surface area contributed by atoms with Crippen LogP contribution >= 0.6 is 11.6 Å². The smallest absolute Gasteiger partial charge is 0.281 e. The van der Waals surface area contributed by atoms with Crippen LogP contribution in [0, 0.1) is 0 Å². The van der Waals surface area contributed by atoms with Crippen molar-refractivity contribution in [2.24, 2.45) is 0 Å². The van der Waals surface area contributed by atoms with Gasteiger partial charge in [0, 0.05) is 29.6 Å². The lowest BCUT2D eigenvalue weighted by Gasteiger charge is -2.31. The van der Waals surface area contributed by atoms with E-state index < -0.39 is 0 Å². The summed E-state index contributed by atoms with van der Waals surface area (Å²) in [5.74, 6) is 0.645. The van der Waals surface area contributed by atoms with Crippen LogP contribution in [0.2, 0.25) is 5.02 Å².